The van der Waals surface area contributed by atoms with Gasteiger partial charge in [0.15, 0.2) is 0 Å². The second-order valence-corrected chi connectivity index (χ2v) is 10.4. The molecule has 2 heterocycles. The fourth-order valence-electron chi connectivity index (χ4n) is 4.49. The van der Waals surface area contributed by atoms with Crippen molar-refractivity contribution in [1.82, 2.24) is 4.90 Å². The molecule has 0 bridgehead atoms. The summed E-state index contributed by atoms with van der Waals surface area (Å²) in [5.74, 6) is -1.60. The molecule has 6 nitrogen and oxygen atoms in total. The molecule has 2 aromatic carbocycles. The zero-order valence-corrected chi connectivity index (χ0v) is 18.5. The number of benzene rings is 2. The number of carboxylic acid groups (broad SMARTS) is 1. The van der Waals surface area contributed by atoms with Crippen LogP contribution in [0, 0.1) is 0 Å². The van der Waals surface area contributed by atoms with E-state index in [4.69, 9.17) is 14.6 Å². The average molecular weight is 484 g/mol. The molecule has 2 fully saturated rings. The molecule has 1 aliphatic carbocycles. The van der Waals surface area contributed by atoms with Gasteiger partial charge in [-0.1, -0.05) is 30.7 Å². The van der Waals surface area contributed by atoms with E-state index in [0.29, 0.717) is 15.7 Å². The summed E-state index contributed by atoms with van der Waals surface area (Å²) in [6, 6.07) is 14.8. The van der Waals surface area contributed by atoms with Crippen LogP contribution in [0.1, 0.15) is 37.2 Å². The molecule has 178 valence electrons. The fourth-order valence-corrected chi connectivity index (χ4v) is 5.79. The molecule has 10 heteroatoms. The maximum absolute atomic E-state index is 12.9. The van der Waals surface area contributed by atoms with Crippen molar-refractivity contribution in [1.29, 1.82) is 0 Å². The molecular weight excluding hydrogens is 459 g/mol. The Balaban J connectivity index is 0.000000325. The zero-order chi connectivity index (χ0) is 23.8. The number of carbonyl (C=O) groups is 1. The summed E-state index contributed by atoms with van der Waals surface area (Å²) in [4.78, 5) is 12.1. The molecule has 0 aromatic heterocycles. The minimum Gasteiger partial charge on any atom is -0.488 e. The number of fused-ring (bicyclic) bond motifs is 3. The van der Waals surface area contributed by atoms with E-state index in [9.17, 15) is 21.6 Å². The van der Waals surface area contributed by atoms with E-state index in [1.807, 2.05) is 12.1 Å². The van der Waals surface area contributed by atoms with Crippen molar-refractivity contribution in [2.75, 3.05) is 13.1 Å². The molecule has 1 saturated carbocycles. The number of nitrogens with zero attached hydrogens (tertiary/aromatic N) is 1. The molecular formula is C23H24F3NO5S. The van der Waals surface area contributed by atoms with Gasteiger partial charge in [0.2, 0.25) is 9.84 Å². The number of carboxylic acids is 1. The van der Waals surface area contributed by atoms with Crippen LogP contribution in [0.5, 0.6) is 5.75 Å². The summed E-state index contributed by atoms with van der Waals surface area (Å²) in [6.07, 6.45) is 0.137. The van der Waals surface area contributed by atoms with Gasteiger partial charge in [-0.05, 0) is 50.1 Å². The third kappa shape index (κ3) is 4.86. The second kappa shape index (κ2) is 8.98. The van der Waals surface area contributed by atoms with E-state index in [1.54, 1.807) is 36.4 Å². The normalized spacial score (nSPS) is 22.8. The standard InChI is InChI=1S/C21H23NO3S.C2HF3O2/c23-26(24,16-7-2-1-3-8-16)17-9-10-18-19-11-12-22(15-5-4-6-15)14-21(19)25-20(18)13-17;3-2(4,5)1(6)7/h1-3,7-10,13,15,19,21H,4-6,11-12,14H2;(H,6,7). The van der Waals surface area contributed by atoms with E-state index in [-0.39, 0.29) is 6.10 Å². The number of ether oxygens (including phenoxy) is 1. The Morgan fingerprint density at radius 1 is 1.03 bits per heavy atom. The Morgan fingerprint density at radius 2 is 1.70 bits per heavy atom. The molecule has 2 aliphatic heterocycles. The molecule has 33 heavy (non-hydrogen) atoms. The maximum atomic E-state index is 12.9. The molecule has 0 radical (unpaired) electrons. The van der Waals surface area contributed by atoms with Crippen LogP contribution in [0.25, 0.3) is 0 Å². The summed E-state index contributed by atoms with van der Waals surface area (Å²) >= 11 is 0. The average Bonchev–Trinajstić information content (AvgIpc) is 3.10. The zero-order valence-electron chi connectivity index (χ0n) is 17.7. The number of rotatable bonds is 3. The predicted molar refractivity (Wildman–Crippen MR) is 113 cm³/mol. The summed E-state index contributed by atoms with van der Waals surface area (Å²) in [7, 11) is -3.50. The lowest BCUT2D eigenvalue weighted by Crippen LogP contribution is -2.50. The van der Waals surface area contributed by atoms with Gasteiger partial charge in [-0.25, -0.2) is 13.2 Å². The van der Waals surface area contributed by atoms with Crippen LogP contribution in [0.2, 0.25) is 0 Å². The summed E-state index contributed by atoms with van der Waals surface area (Å²) in [5, 5.41) is 7.12. The number of halogens is 3. The Hall–Kier alpha value is -2.59. The first-order valence-corrected chi connectivity index (χ1v) is 12.2. The molecule has 3 aliphatic rings. The fraction of sp³-hybridized carbons (Fsp3) is 0.435. The van der Waals surface area contributed by atoms with E-state index in [0.717, 1.165) is 31.3 Å². The Morgan fingerprint density at radius 3 is 2.27 bits per heavy atom. The van der Waals surface area contributed by atoms with Gasteiger partial charge >= 0.3 is 12.1 Å². The second-order valence-electron chi connectivity index (χ2n) is 8.45. The van der Waals surface area contributed by atoms with Crippen molar-refractivity contribution in [2.24, 2.45) is 0 Å². The quantitative estimate of drug-likeness (QED) is 0.703. The van der Waals surface area contributed by atoms with Gasteiger partial charge in [0, 0.05) is 24.1 Å². The minimum absolute atomic E-state index is 0.161. The third-order valence-corrected chi connectivity index (χ3v) is 8.22. The molecule has 2 atom stereocenters. The number of alkyl halides is 3. The van der Waals surface area contributed by atoms with E-state index >= 15 is 0 Å². The highest BCUT2D eigenvalue weighted by Crippen LogP contribution is 2.45. The first kappa shape index (κ1) is 23.6. The highest BCUT2D eigenvalue weighted by molar-refractivity contribution is 7.91. The topological polar surface area (TPSA) is 83.9 Å². The third-order valence-electron chi connectivity index (χ3n) is 6.45. The molecule has 5 rings (SSSR count). The highest BCUT2D eigenvalue weighted by Gasteiger charge is 2.41. The smallest absolute Gasteiger partial charge is 0.488 e. The molecule has 0 amide bonds. The first-order valence-electron chi connectivity index (χ1n) is 10.7. The number of hydrogen-bond acceptors (Lipinski definition) is 5. The molecule has 1 N–H and O–H groups in total. The van der Waals surface area contributed by atoms with Crippen LogP contribution >= 0.6 is 0 Å². The van der Waals surface area contributed by atoms with Crippen molar-refractivity contribution in [3.63, 3.8) is 0 Å². The van der Waals surface area contributed by atoms with Gasteiger partial charge in [0.05, 0.1) is 9.79 Å². The van der Waals surface area contributed by atoms with Crippen molar-refractivity contribution < 1.29 is 36.2 Å². The van der Waals surface area contributed by atoms with E-state index < -0.39 is 22.0 Å². The lowest BCUT2D eigenvalue weighted by Gasteiger charge is -2.43. The first-order chi connectivity index (χ1) is 15.6. The molecule has 0 spiro atoms. The number of piperidine rings is 1. The van der Waals surface area contributed by atoms with Gasteiger partial charge in [-0.3, -0.25) is 4.90 Å². The minimum atomic E-state index is -5.08. The van der Waals surface area contributed by atoms with Crippen LogP contribution < -0.4 is 4.74 Å². The van der Waals surface area contributed by atoms with E-state index in [1.165, 1.54) is 24.8 Å². The largest absolute Gasteiger partial charge is 0.490 e. The monoisotopic (exact) mass is 483 g/mol. The summed E-state index contributed by atoms with van der Waals surface area (Å²) < 4.78 is 63.7. The number of sulfone groups is 1. The van der Waals surface area contributed by atoms with Crippen molar-refractivity contribution in [3.05, 3.63) is 54.1 Å². The van der Waals surface area contributed by atoms with Gasteiger partial charge in [0.25, 0.3) is 0 Å². The number of likely N-dealkylation sites (tertiary alicyclic amines) is 1. The van der Waals surface area contributed by atoms with Crippen LogP contribution in [0.4, 0.5) is 13.2 Å². The Kier molecular flexibility index (Phi) is 6.41. The number of hydrogen-bond donors (Lipinski definition) is 1. The SMILES string of the molecule is O=C(O)C(F)(F)F.O=S(=O)(c1ccccc1)c1ccc2c(c1)OC1CN(C3CCC3)CCC21. The van der Waals surface area contributed by atoms with Gasteiger partial charge in [-0.2, -0.15) is 13.2 Å². The highest BCUT2D eigenvalue weighted by atomic mass is 32.2. The maximum Gasteiger partial charge on any atom is 0.490 e. The van der Waals surface area contributed by atoms with Crippen LogP contribution in [0.15, 0.2) is 58.3 Å². The van der Waals surface area contributed by atoms with Crippen LogP contribution in [-0.4, -0.2) is 55.8 Å². The van der Waals surface area contributed by atoms with Gasteiger partial charge in [0.1, 0.15) is 11.9 Å². The van der Waals surface area contributed by atoms with Gasteiger partial charge < -0.3 is 9.84 Å². The van der Waals surface area contributed by atoms with Crippen molar-refractivity contribution in [2.45, 2.75) is 59.7 Å². The summed E-state index contributed by atoms with van der Waals surface area (Å²) in [5.41, 5.74) is 1.18. The number of aliphatic carboxylic acids is 1. The van der Waals surface area contributed by atoms with Crippen LogP contribution in [-0.2, 0) is 14.6 Å². The van der Waals surface area contributed by atoms with Crippen molar-refractivity contribution in [3.8, 4) is 5.75 Å². The molecule has 2 aromatic rings. The predicted octanol–water partition coefficient (Wildman–Crippen LogP) is 4.26. The molecule has 2 unspecified atom stereocenters. The summed E-state index contributed by atoms with van der Waals surface area (Å²) in [6.45, 7) is 2.09. The lowest BCUT2D eigenvalue weighted by molar-refractivity contribution is -0.192. The van der Waals surface area contributed by atoms with Crippen molar-refractivity contribution >= 4 is 15.8 Å². The Bertz CT molecular complexity index is 1120. The Labute approximate surface area is 189 Å². The van der Waals surface area contributed by atoms with Gasteiger partial charge in [-0.15, -0.1) is 0 Å². The van der Waals surface area contributed by atoms with E-state index in [2.05, 4.69) is 4.90 Å². The molecule has 1 saturated heterocycles. The van der Waals surface area contributed by atoms with Crippen LogP contribution in [0.3, 0.4) is 0 Å². The lowest BCUT2D eigenvalue weighted by atomic mass is 9.85.